The predicted octanol–water partition coefficient (Wildman–Crippen LogP) is 6.83. The summed E-state index contributed by atoms with van der Waals surface area (Å²) in [7, 11) is -4.27. The number of nitrogens with zero attached hydrogens (tertiary/aromatic N) is 2. The number of halogens is 4. The first-order chi connectivity index (χ1) is 18.9. The molecule has 0 bridgehead atoms. The summed E-state index contributed by atoms with van der Waals surface area (Å²) in [6.45, 7) is 3.28. The number of sulfonamides is 1. The zero-order valence-electron chi connectivity index (χ0n) is 21.9. The third-order valence-corrected chi connectivity index (χ3v) is 9.06. The van der Waals surface area contributed by atoms with Crippen LogP contribution >= 0.6 is 46.4 Å². The lowest BCUT2D eigenvalue weighted by Crippen LogP contribution is -2.51. The van der Waals surface area contributed by atoms with E-state index in [1.54, 1.807) is 37.3 Å². The Kier molecular flexibility index (Phi) is 11.5. The number of rotatable bonds is 12. The van der Waals surface area contributed by atoms with Gasteiger partial charge in [-0.15, -0.1) is 0 Å². The molecule has 3 aromatic carbocycles. The molecule has 7 nitrogen and oxygen atoms in total. The minimum Gasteiger partial charge on any atom is -0.354 e. The van der Waals surface area contributed by atoms with Gasteiger partial charge in [-0.25, -0.2) is 8.42 Å². The van der Waals surface area contributed by atoms with Gasteiger partial charge in [0.2, 0.25) is 11.8 Å². The average molecular weight is 645 g/mol. The van der Waals surface area contributed by atoms with Crippen molar-refractivity contribution in [2.45, 2.75) is 44.2 Å². The van der Waals surface area contributed by atoms with Gasteiger partial charge in [0.1, 0.15) is 12.6 Å². The summed E-state index contributed by atoms with van der Waals surface area (Å²) in [6.07, 6.45) is 1.65. The number of nitrogens with one attached hydrogen (secondary N) is 1. The first-order valence-electron chi connectivity index (χ1n) is 12.5. The van der Waals surface area contributed by atoms with Crippen LogP contribution in [0.2, 0.25) is 20.1 Å². The summed E-state index contributed by atoms with van der Waals surface area (Å²) in [6, 6.07) is 15.9. The molecule has 0 aromatic heterocycles. The van der Waals surface area contributed by atoms with Crippen molar-refractivity contribution in [3.05, 3.63) is 92.4 Å². The van der Waals surface area contributed by atoms with Crippen LogP contribution in [0.1, 0.15) is 32.3 Å². The van der Waals surface area contributed by atoms with E-state index in [1.807, 2.05) is 6.92 Å². The molecule has 3 rings (SSSR count). The lowest BCUT2D eigenvalue weighted by Gasteiger charge is -2.32. The highest BCUT2D eigenvalue weighted by Crippen LogP contribution is 2.33. The highest BCUT2D eigenvalue weighted by atomic mass is 35.5. The van der Waals surface area contributed by atoms with Crippen LogP contribution in [0, 0.1) is 0 Å². The van der Waals surface area contributed by atoms with Crippen LogP contribution < -0.4 is 9.62 Å². The average Bonchev–Trinajstić information content (AvgIpc) is 2.92. The van der Waals surface area contributed by atoms with Crippen LogP contribution in [0.5, 0.6) is 0 Å². The van der Waals surface area contributed by atoms with E-state index in [4.69, 9.17) is 46.4 Å². The van der Waals surface area contributed by atoms with Crippen LogP contribution in [0.15, 0.2) is 71.6 Å². The maximum Gasteiger partial charge on any atom is 0.264 e. The predicted molar refractivity (Wildman–Crippen MR) is 162 cm³/mol. The number of carbonyl (C=O) groups is 2. The van der Waals surface area contributed by atoms with E-state index < -0.39 is 28.5 Å². The number of hydrogen-bond acceptors (Lipinski definition) is 4. The Labute approximate surface area is 255 Å². The van der Waals surface area contributed by atoms with Crippen LogP contribution in [-0.4, -0.2) is 44.3 Å². The lowest BCUT2D eigenvalue weighted by molar-refractivity contribution is -0.139. The smallest absolute Gasteiger partial charge is 0.264 e. The lowest BCUT2D eigenvalue weighted by atomic mass is 10.1. The topological polar surface area (TPSA) is 86.8 Å². The van der Waals surface area contributed by atoms with Gasteiger partial charge in [0.15, 0.2) is 0 Å². The molecule has 0 radical (unpaired) electrons. The number of unbranched alkanes of at least 4 members (excludes halogenated alkanes) is 1. The molecule has 0 spiro atoms. The minimum atomic E-state index is -4.27. The third-order valence-electron chi connectivity index (χ3n) is 6.14. The Morgan fingerprint density at radius 2 is 1.55 bits per heavy atom. The molecule has 0 aliphatic heterocycles. The van der Waals surface area contributed by atoms with E-state index in [0.717, 1.165) is 17.1 Å². The second kappa shape index (κ2) is 14.4. The number of carbonyl (C=O) groups excluding carboxylic acids is 2. The van der Waals surface area contributed by atoms with Crippen molar-refractivity contribution < 1.29 is 18.0 Å². The molecule has 3 aromatic rings. The zero-order valence-corrected chi connectivity index (χ0v) is 25.8. The van der Waals surface area contributed by atoms with Crippen molar-refractivity contribution >= 4 is 73.9 Å². The minimum absolute atomic E-state index is 0.0240. The summed E-state index contributed by atoms with van der Waals surface area (Å²) in [5.74, 6) is -1.04. The molecule has 0 aliphatic carbocycles. The van der Waals surface area contributed by atoms with Crippen molar-refractivity contribution in [3.8, 4) is 0 Å². The Hall–Kier alpha value is -2.49. The Bertz CT molecular complexity index is 1460. The van der Waals surface area contributed by atoms with Gasteiger partial charge in [-0.3, -0.25) is 13.9 Å². The fourth-order valence-electron chi connectivity index (χ4n) is 3.86. The fourth-order valence-corrected chi connectivity index (χ4v) is 6.21. The number of anilines is 1. The standard InChI is InChI=1S/C28H29Cl4N3O4S/c1-3-4-14-33-28(37)19(2)34(17-20-10-11-21(29)15-25(20)32)27(36)18-35(26-16-22(30)12-13-24(26)31)40(38,39)23-8-6-5-7-9-23/h5-13,15-16,19H,3-4,14,17-18H2,1-2H3,(H,33,37)/t19-/m1/s1. The van der Waals surface area contributed by atoms with Crippen LogP contribution in [0.25, 0.3) is 0 Å². The van der Waals surface area contributed by atoms with Gasteiger partial charge in [-0.2, -0.15) is 0 Å². The maximum absolute atomic E-state index is 14.0. The van der Waals surface area contributed by atoms with Crippen LogP contribution in [-0.2, 0) is 26.2 Å². The van der Waals surface area contributed by atoms with Gasteiger partial charge in [0, 0.05) is 28.2 Å². The summed E-state index contributed by atoms with van der Waals surface area (Å²) in [5, 5.41) is 3.85. The number of benzene rings is 3. The van der Waals surface area contributed by atoms with Crippen LogP contribution in [0.4, 0.5) is 5.69 Å². The van der Waals surface area contributed by atoms with Gasteiger partial charge in [-0.1, -0.05) is 84.0 Å². The molecule has 0 heterocycles. The van der Waals surface area contributed by atoms with Crippen molar-refractivity contribution in [1.82, 2.24) is 10.2 Å². The summed E-state index contributed by atoms with van der Waals surface area (Å²) in [5.41, 5.74) is 0.557. The molecule has 2 amide bonds. The second-order valence-electron chi connectivity index (χ2n) is 9.00. The van der Waals surface area contributed by atoms with E-state index >= 15 is 0 Å². The molecular formula is C28H29Cl4N3O4S. The molecule has 0 aliphatic rings. The first-order valence-corrected chi connectivity index (χ1v) is 15.4. The second-order valence-corrected chi connectivity index (χ2v) is 12.5. The highest BCUT2D eigenvalue weighted by Gasteiger charge is 2.33. The summed E-state index contributed by atoms with van der Waals surface area (Å²) in [4.78, 5) is 28.2. The van der Waals surface area contributed by atoms with E-state index in [9.17, 15) is 18.0 Å². The van der Waals surface area contributed by atoms with E-state index in [0.29, 0.717) is 22.2 Å². The first kappa shape index (κ1) is 32.0. The van der Waals surface area contributed by atoms with Crippen molar-refractivity contribution in [2.75, 3.05) is 17.4 Å². The molecule has 40 heavy (non-hydrogen) atoms. The van der Waals surface area contributed by atoms with Crippen LogP contribution in [0.3, 0.4) is 0 Å². The summed E-state index contributed by atoms with van der Waals surface area (Å²) >= 11 is 25.0. The van der Waals surface area contributed by atoms with Crippen molar-refractivity contribution in [1.29, 1.82) is 0 Å². The van der Waals surface area contributed by atoms with Crippen molar-refractivity contribution in [2.24, 2.45) is 0 Å². The van der Waals surface area contributed by atoms with E-state index in [-0.39, 0.29) is 33.1 Å². The molecule has 0 unspecified atom stereocenters. The number of amides is 2. The molecular weight excluding hydrogens is 616 g/mol. The van der Waals surface area contributed by atoms with E-state index in [2.05, 4.69) is 5.32 Å². The molecule has 214 valence electrons. The normalized spacial score (nSPS) is 12.1. The molecule has 0 saturated carbocycles. The largest absolute Gasteiger partial charge is 0.354 e. The molecule has 0 fully saturated rings. The molecule has 1 N–H and O–H groups in total. The van der Waals surface area contributed by atoms with Crippen molar-refractivity contribution in [3.63, 3.8) is 0 Å². The maximum atomic E-state index is 14.0. The third kappa shape index (κ3) is 8.04. The van der Waals surface area contributed by atoms with Gasteiger partial charge in [0.05, 0.1) is 15.6 Å². The quantitative estimate of drug-likeness (QED) is 0.219. The molecule has 1 atom stereocenters. The van der Waals surface area contributed by atoms with Gasteiger partial charge in [0.25, 0.3) is 10.0 Å². The van der Waals surface area contributed by atoms with Gasteiger partial charge in [-0.05, 0) is 61.4 Å². The Morgan fingerprint density at radius 3 is 2.20 bits per heavy atom. The Morgan fingerprint density at radius 1 is 0.900 bits per heavy atom. The SMILES string of the molecule is CCCCNC(=O)[C@@H](C)N(Cc1ccc(Cl)cc1Cl)C(=O)CN(c1cc(Cl)ccc1Cl)S(=O)(=O)c1ccccc1. The van der Waals surface area contributed by atoms with E-state index in [1.165, 1.54) is 41.3 Å². The highest BCUT2D eigenvalue weighted by molar-refractivity contribution is 7.92. The van der Waals surface area contributed by atoms with Gasteiger partial charge < -0.3 is 10.2 Å². The fraction of sp³-hybridized carbons (Fsp3) is 0.286. The molecule has 0 saturated heterocycles. The monoisotopic (exact) mass is 643 g/mol. The summed E-state index contributed by atoms with van der Waals surface area (Å²) < 4.78 is 28.5. The van der Waals surface area contributed by atoms with Gasteiger partial charge >= 0.3 is 0 Å². The molecule has 12 heteroatoms. The zero-order chi connectivity index (χ0) is 29.4. The Balaban J connectivity index is 2.05. The number of hydrogen-bond donors (Lipinski definition) is 1.